The lowest BCUT2D eigenvalue weighted by atomic mass is 10.2. The summed E-state index contributed by atoms with van der Waals surface area (Å²) in [7, 11) is 8.16. The maximum Gasteiger partial charge on any atom is 0.138 e. The fourth-order valence-electron chi connectivity index (χ4n) is 5.81. The molecule has 0 unspecified atom stereocenters. The second kappa shape index (κ2) is 12.5. The van der Waals surface area contributed by atoms with Crippen molar-refractivity contribution in [3.63, 3.8) is 0 Å². The predicted octanol–water partition coefficient (Wildman–Crippen LogP) is 8.00. The molecule has 0 saturated carbocycles. The van der Waals surface area contributed by atoms with E-state index in [1.807, 2.05) is 76.7 Å². The normalized spacial score (nSPS) is 11.8. The van der Waals surface area contributed by atoms with Crippen molar-refractivity contribution < 1.29 is 0 Å². The van der Waals surface area contributed by atoms with E-state index in [1.54, 1.807) is 0 Å². The van der Waals surface area contributed by atoms with E-state index in [9.17, 15) is 0 Å². The van der Waals surface area contributed by atoms with Crippen LogP contribution in [-0.2, 0) is 0 Å². The monoisotopic (exact) mass is 630 g/mol. The lowest BCUT2D eigenvalue weighted by Gasteiger charge is -2.11. The topological polar surface area (TPSA) is 94.2 Å². The number of aromatic nitrogens is 4. The number of benzene rings is 5. The molecule has 5 aromatic carbocycles. The molecule has 7 rings (SSSR count). The second-order valence-electron chi connectivity index (χ2n) is 12.3. The second-order valence-corrected chi connectivity index (χ2v) is 12.3. The molecule has 7 aromatic rings. The van der Waals surface area contributed by atoms with Gasteiger partial charge in [0.15, 0.2) is 0 Å². The SMILES string of the molecule is CN(C)c1ccc(/C=C/c2nc3cc4c(cc3n2-c2ccc(N)cc2)nc(/C=C/c2ccc(N(C)C)cc2)n4-c2ccc(N)cc2)cc1. The molecule has 0 spiro atoms. The Morgan fingerprint density at radius 2 is 0.833 bits per heavy atom. The van der Waals surface area contributed by atoms with E-state index in [-0.39, 0.29) is 0 Å². The lowest BCUT2D eigenvalue weighted by Crippen LogP contribution is -2.07. The zero-order valence-corrected chi connectivity index (χ0v) is 27.5. The van der Waals surface area contributed by atoms with Crippen molar-refractivity contribution in [3.05, 3.63) is 132 Å². The number of imidazole rings is 2. The molecule has 0 saturated heterocycles. The van der Waals surface area contributed by atoms with Gasteiger partial charge < -0.3 is 21.3 Å². The van der Waals surface area contributed by atoms with Gasteiger partial charge in [0.25, 0.3) is 0 Å². The Morgan fingerprint density at radius 3 is 1.17 bits per heavy atom. The Labute approximate surface area is 280 Å². The summed E-state index contributed by atoms with van der Waals surface area (Å²) in [6.45, 7) is 0. The van der Waals surface area contributed by atoms with Crippen molar-refractivity contribution in [2.45, 2.75) is 0 Å². The minimum Gasteiger partial charge on any atom is -0.399 e. The average molecular weight is 631 g/mol. The molecular formula is C40H38N8. The van der Waals surface area contributed by atoms with E-state index in [0.717, 1.165) is 67.6 Å². The zero-order chi connectivity index (χ0) is 33.4. The first kappa shape index (κ1) is 30.4. The Bertz CT molecular complexity index is 2100. The molecule has 0 amide bonds. The first-order chi connectivity index (χ1) is 23.2. The Morgan fingerprint density at radius 1 is 0.479 bits per heavy atom. The molecule has 0 bridgehead atoms. The lowest BCUT2D eigenvalue weighted by molar-refractivity contribution is 1.06. The van der Waals surface area contributed by atoms with Crippen LogP contribution in [0, 0.1) is 0 Å². The molecule has 0 fully saturated rings. The van der Waals surface area contributed by atoms with E-state index in [2.05, 4.69) is 104 Å². The average Bonchev–Trinajstić information content (AvgIpc) is 3.63. The number of anilines is 4. The molecule has 0 aliphatic rings. The number of nitrogens with two attached hydrogens (primary N) is 2. The molecule has 8 heteroatoms. The molecule has 0 radical (unpaired) electrons. The summed E-state index contributed by atoms with van der Waals surface area (Å²) in [6, 6.07) is 36.9. The van der Waals surface area contributed by atoms with Crippen LogP contribution in [0.4, 0.5) is 22.7 Å². The summed E-state index contributed by atoms with van der Waals surface area (Å²) in [6.07, 6.45) is 8.30. The fourth-order valence-corrected chi connectivity index (χ4v) is 5.81. The van der Waals surface area contributed by atoms with Crippen LogP contribution in [0.2, 0.25) is 0 Å². The standard InChI is InChI=1S/C40H38N8/c1-45(2)31-15-5-27(6-16-31)9-23-39-43-35-25-38-36(26-37(35)47(39)33-19-11-29(41)12-20-33)44-40(48(38)34-21-13-30(42)14-22-34)24-10-28-7-17-32(18-8-28)46(3)4/h5-26H,41-42H2,1-4H3/b23-9+,24-10+. The van der Waals surface area contributed by atoms with Gasteiger partial charge in [-0.2, -0.15) is 0 Å². The molecule has 4 N–H and O–H groups in total. The smallest absolute Gasteiger partial charge is 0.138 e. The highest BCUT2D eigenvalue weighted by Crippen LogP contribution is 2.31. The van der Waals surface area contributed by atoms with Crippen LogP contribution in [0.3, 0.4) is 0 Å². The quantitative estimate of drug-likeness (QED) is 0.165. The number of hydrogen-bond acceptors (Lipinski definition) is 6. The van der Waals surface area contributed by atoms with E-state index < -0.39 is 0 Å². The van der Waals surface area contributed by atoms with Gasteiger partial charge in [0, 0.05) is 62.3 Å². The van der Waals surface area contributed by atoms with Gasteiger partial charge in [-0.1, -0.05) is 36.4 Å². The minimum atomic E-state index is 0.707. The molecule has 0 atom stereocenters. The number of hydrogen-bond donors (Lipinski definition) is 2. The van der Waals surface area contributed by atoms with Gasteiger partial charge in [0.1, 0.15) is 11.6 Å². The summed E-state index contributed by atoms with van der Waals surface area (Å²) >= 11 is 0. The molecule has 238 valence electrons. The number of nitrogen functional groups attached to an aromatic ring is 2. The van der Waals surface area contributed by atoms with Crippen LogP contribution in [0.15, 0.2) is 109 Å². The van der Waals surface area contributed by atoms with Crippen LogP contribution in [0.1, 0.15) is 22.8 Å². The summed E-state index contributed by atoms with van der Waals surface area (Å²) in [5.41, 5.74) is 23.6. The maximum atomic E-state index is 6.08. The molecule has 8 nitrogen and oxygen atoms in total. The maximum absolute atomic E-state index is 6.08. The highest BCUT2D eigenvalue weighted by atomic mass is 15.1. The van der Waals surface area contributed by atoms with Crippen molar-refractivity contribution in [1.82, 2.24) is 19.1 Å². The third-order valence-electron chi connectivity index (χ3n) is 8.45. The van der Waals surface area contributed by atoms with Crippen LogP contribution in [0.25, 0.3) is 57.7 Å². The molecule has 2 aromatic heterocycles. The molecule has 0 aliphatic carbocycles. The van der Waals surface area contributed by atoms with Crippen molar-refractivity contribution in [3.8, 4) is 11.4 Å². The van der Waals surface area contributed by atoms with Gasteiger partial charge in [-0.25, -0.2) is 9.97 Å². The Balaban J connectivity index is 1.38. The third-order valence-corrected chi connectivity index (χ3v) is 8.45. The van der Waals surface area contributed by atoms with Crippen LogP contribution >= 0.6 is 0 Å². The fraction of sp³-hybridized carbons (Fsp3) is 0.100. The number of fused-ring (bicyclic) bond motifs is 2. The van der Waals surface area contributed by atoms with Crippen molar-refractivity contribution in [1.29, 1.82) is 0 Å². The molecule has 48 heavy (non-hydrogen) atoms. The van der Waals surface area contributed by atoms with E-state index in [0.29, 0.717) is 11.4 Å². The molecule has 0 aliphatic heterocycles. The summed E-state index contributed by atoms with van der Waals surface area (Å²) in [4.78, 5) is 14.5. The third kappa shape index (κ3) is 5.99. The molecular weight excluding hydrogens is 592 g/mol. The molecule has 2 heterocycles. The largest absolute Gasteiger partial charge is 0.399 e. The van der Waals surface area contributed by atoms with Crippen LogP contribution in [0.5, 0.6) is 0 Å². The zero-order valence-electron chi connectivity index (χ0n) is 27.5. The number of nitrogens with zero attached hydrogens (tertiary/aromatic N) is 6. The van der Waals surface area contributed by atoms with Gasteiger partial charge in [-0.3, -0.25) is 9.13 Å². The van der Waals surface area contributed by atoms with Gasteiger partial charge >= 0.3 is 0 Å². The van der Waals surface area contributed by atoms with Gasteiger partial charge in [0.05, 0.1) is 22.1 Å². The summed E-state index contributed by atoms with van der Waals surface area (Å²) in [5, 5.41) is 0. The highest BCUT2D eigenvalue weighted by molar-refractivity contribution is 5.96. The van der Waals surface area contributed by atoms with Crippen molar-refractivity contribution >= 4 is 69.1 Å². The van der Waals surface area contributed by atoms with E-state index >= 15 is 0 Å². The summed E-state index contributed by atoms with van der Waals surface area (Å²) < 4.78 is 4.31. The highest BCUT2D eigenvalue weighted by Gasteiger charge is 2.17. The van der Waals surface area contributed by atoms with Gasteiger partial charge in [-0.15, -0.1) is 0 Å². The Kier molecular flexibility index (Phi) is 7.90. The number of rotatable bonds is 8. The van der Waals surface area contributed by atoms with Gasteiger partial charge in [0.2, 0.25) is 0 Å². The van der Waals surface area contributed by atoms with Gasteiger partial charge in [-0.05, 0) is 108 Å². The predicted molar refractivity (Wildman–Crippen MR) is 204 cm³/mol. The Hall–Kier alpha value is -6.28. The van der Waals surface area contributed by atoms with E-state index in [1.165, 1.54) is 0 Å². The van der Waals surface area contributed by atoms with Crippen LogP contribution in [-0.4, -0.2) is 47.3 Å². The van der Waals surface area contributed by atoms with E-state index in [4.69, 9.17) is 21.4 Å². The first-order valence-electron chi connectivity index (χ1n) is 15.8. The van der Waals surface area contributed by atoms with Crippen molar-refractivity contribution in [2.75, 3.05) is 49.5 Å². The summed E-state index contributed by atoms with van der Waals surface area (Å²) in [5.74, 6) is 1.61. The first-order valence-corrected chi connectivity index (χ1v) is 15.8. The van der Waals surface area contributed by atoms with Crippen molar-refractivity contribution in [2.24, 2.45) is 0 Å². The minimum absolute atomic E-state index is 0.707. The van der Waals surface area contributed by atoms with Crippen LogP contribution < -0.4 is 21.3 Å².